The molecule has 1 aliphatic rings. The van der Waals surface area contributed by atoms with Gasteiger partial charge in [0, 0.05) is 6.54 Å². The van der Waals surface area contributed by atoms with E-state index in [0.717, 1.165) is 0 Å². The van der Waals surface area contributed by atoms with Gasteiger partial charge in [0.25, 0.3) is 0 Å². The Morgan fingerprint density at radius 3 is 2.68 bits per heavy atom. The number of carboxylic acid groups (broad SMARTS) is 1. The van der Waals surface area contributed by atoms with E-state index in [1.165, 1.54) is 13.1 Å². The maximum Gasteiger partial charge on any atom is 0.533 e. The van der Waals surface area contributed by atoms with E-state index in [9.17, 15) is 18.0 Å². The minimum atomic E-state index is -4.09. The highest BCUT2D eigenvalue weighted by atomic mass is 32.2. The number of hydrogen-bond donors (Lipinski definition) is 3. The zero-order valence-corrected chi connectivity index (χ0v) is 12.6. The summed E-state index contributed by atoms with van der Waals surface area (Å²) in [6.07, 6.45) is -2.08. The number of carbonyl (C=O) groups is 2. The number of nitrogens with one attached hydrogen (secondary N) is 2. The fourth-order valence-corrected chi connectivity index (χ4v) is 3.18. The second kappa shape index (κ2) is 5.81. The smallest absolute Gasteiger partial charge is 0.465 e. The van der Waals surface area contributed by atoms with Gasteiger partial charge in [0.05, 0.1) is 12.7 Å². The van der Waals surface area contributed by atoms with Crippen LogP contribution in [0.3, 0.4) is 0 Å². The fraction of sp³-hybridized carbons (Fsp3) is 0.333. The molecule has 0 aromatic heterocycles. The molecule has 1 aromatic carbocycles. The minimum Gasteiger partial charge on any atom is -0.465 e. The third kappa shape index (κ3) is 2.97. The molecule has 0 saturated carbocycles. The van der Waals surface area contributed by atoms with Gasteiger partial charge in [-0.1, -0.05) is 18.2 Å². The molecule has 0 aliphatic carbocycles. The fourth-order valence-electron chi connectivity index (χ4n) is 1.94. The molecule has 1 aliphatic heterocycles. The summed E-state index contributed by atoms with van der Waals surface area (Å²) in [5.74, 6) is 0. The van der Waals surface area contributed by atoms with Gasteiger partial charge in [-0.15, -0.1) is 3.89 Å². The molecule has 1 atom stereocenters. The van der Waals surface area contributed by atoms with Gasteiger partial charge in [0.1, 0.15) is 13.2 Å². The Balaban J connectivity index is 2.27. The van der Waals surface area contributed by atoms with Gasteiger partial charge in [-0.3, -0.25) is 0 Å². The first-order valence-electron chi connectivity index (χ1n) is 6.37. The van der Waals surface area contributed by atoms with Crippen molar-refractivity contribution in [1.29, 1.82) is 0 Å². The molecular formula is C12H16N3O6S+. The number of para-hydroxylation sites is 1. The number of quaternary nitrogens is 1. The van der Waals surface area contributed by atoms with Gasteiger partial charge < -0.3 is 15.2 Å². The van der Waals surface area contributed by atoms with Crippen molar-refractivity contribution in [3.63, 3.8) is 0 Å². The third-order valence-corrected chi connectivity index (χ3v) is 5.22. The molecule has 1 fully saturated rings. The van der Waals surface area contributed by atoms with Gasteiger partial charge in [0.2, 0.25) is 0 Å². The summed E-state index contributed by atoms with van der Waals surface area (Å²) >= 11 is 0. The molecule has 2 rings (SSSR count). The Labute approximate surface area is 127 Å². The molecule has 22 heavy (non-hydrogen) atoms. The number of hydrogen-bond acceptors (Lipinski definition) is 5. The van der Waals surface area contributed by atoms with Crippen LogP contribution in [0, 0.1) is 0 Å². The lowest BCUT2D eigenvalue weighted by atomic mass is 10.2. The van der Waals surface area contributed by atoms with Crippen LogP contribution in [-0.4, -0.2) is 49.8 Å². The van der Waals surface area contributed by atoms with Crippen LogP contribution < -0.4 is 10.0 Å². The van der Waals surface area contributed by atoms with E-state index in [2.05, 4.69) is 10.0 Å². The van der Waals surface area contributed by atoms with E-state index in [4.69, 9.17) is 9.84 Å². The molecule has 120 valence electrons. The number of benzene rings is 1. The van der Waals surface area contributed by atoms with E-state index in [0.29, 0.717) is 5.56 Å². The van der Waals surface area contributed by atoms with Gasteiger partial charge >= 0.3 is 22.4 Å². The van der Waals surface area contributed by atoms with Crippen molar-refractivity contribution in [3.05, 3.63) is 29.8 Å². The van der Waals surface area contributed by atoms with Crippen LogP contribution >= 0.6 is 0 Å². The van der Waals surface area contributed by atoms with Crippen molar-refractivity contribution in [2.45, 2.75) is 6.54 Å². The van der Waals surface area contributed by atoms with Gasteiger partial charge in [0.15, 0.2) is 0 Å². The topological polar surface area (TPSA) is 122 Å². The van der Waals surface area contributed by atoms with Crippen molar-refractivity contribution >= 4 is 28.1 Å². The van der Waals surface area contributed by atoms with Crippen LogP contribution in [0.25, 0.3) is 0 Å². The predicted octanol–water partition coefficient (Wildman–Crippen LogP) is 0.708. The minimum absolute atomic E-state index is 0.00368. The Morgan fingerprint density at radius 1 is 1.41 bits per heavy atom. The highest BCUT2D eigenvalue weighted by molar-refractivity contribution is 7.87. The first-order valence-corrected chi connectivity index (χ1v) is 7.81. The predicted molar refractivity (Wildman–Crippen MR) is 76.2 cm³/mol. The second-order valence-electron chi connectivity index (χ2n) is 4.83. The number of anilines is 1. The van der Waals surface area contributed by atoms with Crippen molar-refractivity contribution in [1.82, 2.24) is 5.32 Å². The maximum absolute atomic E-state index is 12.4. The zero-order chi connectivity index (χ0) is 16.4. The first kappa shape index (κ1) is 16.0. The molecule has 9 nitrogen and oxygen atoms in total. The van der Waals surface area contributed by atoms with Crippen LogP contribution in [-0.2, 0) is 21.5 Å². The summed E-state index contributed by atoms with van der Waals surface area (Å²) in [6.45, 7) is -0.0373. The van der Waals surface area contributed by atoms with Crippen LogP contribution in [0.4, 0.5) is 15.3 Å². The van der Waals surface area contributed by atoms with Crippen molar-refractivity contribution in [2.75, 3.05) is 24.9 Å². The Bertz CT molecular complexity index is 705. The molecule has 3 N–H and O–H groups in total. The van der Waals surface area contributed by atoms with Crippen LogP contribution in [0.5, 0.6) is 0 Å². The quantitative estimate of drug-likeness (QED) is 0.683. The molecule has 1 saturated heterocycles. The molecular weight excluding hydrogens is 314 g/mol. The number of amides is 2. The van der Waals surface area contributed by atoms with Gasteiger partial charge in [-0.05, 0) is 11.6 Å². The van der Waals surface area contributed by atoms with Crippen molar-refractivity contribution < 1.29 is 31.7 Å². The SMILES string of the molecule is C[N+]1(S(=O)(=O)Nc2ccccc2CNC(=O)O)CCOC1=O. The summed E-state index contributed by atoms with van der Waals surface area (Å²) in [6, 6.07) is 6.32. The summed E-state index contributed by atoms with van der Waals surface area (Å²) in [5, 5.41) is 10.8. The first-order chi connectivity index (χ1) is 10.3. The highest BCUT2D eigenvalue weighted by Gasteiger charge is 2.51. The van der Waals surface area contributed by atoms with E-state index in [1.807, 2.05) is 0 Å². The van der Waals surface area contributed by atoms with Gasteiger partial charge in [-0.25, -0.2) is 9.52 Å². The second-order valence-corrected chi connectivity index (χ2v) is 6.79. The lowest BCUT2D eigenvalue weighted by Crippen LogP contribution is -2.52. The van der Waals surface area contributed by atoms with E-state index in [-0.39, 0.29) is 25.4 Å². The normalized spacial score (nSPS) is 21.2. The average Bonchev–Trinajstić information content (AvgIpc) is 2.79. The highest BCUT2D eigenvalue weighted by Crippen LogP contribution is 2.24. The van der Waals surface area contributed by atoms with Crippen LogP contribution in [0.1, 0.15) is 5.56 Å². The molecule has 0 radical (unpaired) electrons. The van der Waals surface area contributed by atoms with E-state index in [1.54, 1.807) is 18.2 Å². The Kier molecular flexibility index (Phi) is 4.24. The standard InChI is InChI=1S/C12H15N3O6S/c1-15(6-7-21-12(15)18)22(19,20)14-10-5-3-2-4-9(10)8-13-11(16)17/h2-5,13-14H,6-8H2,1H3/p+1. The molecule has 1 unspecified atom stereocenters. The largest absolute Gasteiger partial charge is 0.533 e. The van der Waals surface area contributed by atoms with Crippen LogP contribution in [0.15, 0.2) is 24.3 Å². The zero-order valence-electron chi connectivity index (χ0n) is 11.8. The third-order valence-electron chi connectivity index (χ3n) is 3.35. The maximum atomic E-state index is 12.4. The number of nitrogens with zero attached hydrogens (tertiary/aromatic N) is 1. The number of carbonyl (C=O) groups excluding carboxylic acids is 1. The molecule has 10 heteroatoms. The van der Waals surface area contributed by atoms with Crippen molar-refractivity contribution in [3.8, 4) is 0 Å². The number of ether oxygens (including phenoxy) is 1. The van der Waals surface area contributed by atoms with E-state index >= 15 is 0 Å². The Morgan fingerprint density at radius 2 is 2.09 bits per heavy atom. The lowest BCUT2D eigenvalue weighted by molar-refractivity contribution is -0.687. The lowest BCUT2D eigenvalue weighted by Gasteiger charge is -2.22. The van der Waals surface area contributed by atoms with Crippen LogP contribution in [0.2, 0.25) is 0 Å². The number of cyclic esters (lactones) is 1. The summed E-state index contributed by atoms with van der Waals surface area (Å²) in [5.41, 5.74) is 0.642. The summed E-state index contributed by atoms with van der Waals surface area (Å²) in [7, 11) is -2.84. The van der Waals surface area contributed by atoms with Crippen molar-refractivity contribution in [2.24, 2.45) is 0 Å². The van der Waals surface area contributed by atoms with E-state index < -0.39 is 26.3 Å². The van der Waals surface area contributed by atoms with Gasteiger partial charge in [-0.2, -0.15) is 13.2 Å². The summed E-state index contributed by atoms with van der Waals surface area (Å²) < 4.78 is 31.0. The summed E-state index contributed by atoms with van der Waals surface area (Å²) in [4.78, 5) is 22.2. The molecule has 0 bridgehead atoms. The average molecular weight is 330 g/mol. The molecule has 1 heterocycles. The number of likely N-dealkylation sites (N-methyl/N-ethyl adjacent to an activating group) is 1. The molecule has 2 amide bonds. The monoisotopic (exact) mass is 330 g/mol. The Hall–Kier alpha value is -2.33. The molecule has 1 aromatic rings. The molecule has 0 spiro atoms. The number of rotatable bonds is 5.